The maximum atomic E-state index is 11.7. The molecule has 1 atom stereocenters. The summed E-state index contributed by atoms with van der Waals surface area (Å²) in [6.45, 7) is 2.80. The molecule has 0 amide bonds. The van der Waals surface area contributed by atoms with Crippen molar-refractivity contribution in [1.29, 1.82) is 0 Å². The fourth-order valence-corrected chi connectivity index (χ4v) is 3.60. The predicted molar refractivity (Wildman–Crippen MR) is 96.2 cm³/mol. The molecular formula is C18H29BN2O2. The molecule has 2 rings (SSSR count). The number of piperidine rings is 1. The van der Waals surface area contributed by atoms with E-state index in [1.54, 1.807) is 0 Å². The number of aliphatic carboxylic acids is 1. The van der Waals surface area contributed by atoms with E-state index in [1.807, 2.05) is 6.07 Å². The third-order valence-electron chi connectivity index (χ3n) is 5.16. The van der Waals surface area contributed by atoms with E-state index in [-0.39, 0.29) is 5.92 Å². The number of nitrogens with zero attached hydrogens (tertiary/aromatic N) is 1. The Bertz CT molecular complexity index is 489. The van der Waals surface area contributed by atoms with Crippen LogP contribution in [0.2, 0.25) is 6.32 Å². The van der Waals surface area contributed by atoms with Gasteiger partial charge in [-0.2, -0.15) is 0 Å². The van der Waals surface area contributed by atoms with Crippen molar-refractivity contribution in [3.05, 3.63) is 35.9 Å². The van der Waals surface area contributed by atoms with Crippen molar-refractivity contribution < 1.29 is 9.90 Å². The van der Waals surface area contributed by atoms with Crippen LogP contribution < -0.4 is 5.73 Å². The molecule has 3 N–H and O–H groups in total. The van der Waals surface area contributed by atoms with E-state index >= 15 is 0 Å². The molecule has 5 heteroatoms. The second-order valence-corrected chi connectivity index (χ2v) is 6.84. The van der Waals surface area contributed by atoms with Crippen LogP contribution in [0.5, 0.6) is 0 Å². The number of unbranched alkanes of at least 4 members (excludes halogenated alkanes) is 1. The Kier molecular flexibility index (Phi) is 6.66. The van der Waals surface area contributed by atoms with Gasteiger partial charge in [-0.25, -0.2) is 0 Å². The normalized spacial score (nSPS) is 19.3. The molecule has 4 nitrogen and oxygen atoms in total. The van der Waals surface area contributed by atoms with Crippen molar-refractivity contribution in [3.63, 3.8) is 0 Å². The minimum Gasteiger partial charge on any atom is -0.480 e. The van der Waals surface area contributed by atoms with E-state index in [0.717, 1.165) is 51.6 Å². The second-order valence-electron chi connectivity index (χ2n) is 6.84. The van der Waals surface area contributed by atoms with E-state index in [2.05, 4.69) is 37.0 Å². The highest BCUT2D eigenvalue weighted by atomic mass is 16.4. The molecule has 1 aliphatic rings. The molecule has 0 aromatic heterocycles. The average molecular weight is 316 g/mol. The molecule has 1 saturated heterocycles. The molecule has 0 spiro atoms. The topological polar surface area (TPSA) is 66.6 Å². The second kappa shape index (κ2) is 8.51. The van der Waals surface area contributed by atoms with Gasteiger partial charge in [0, 0.05) is 6.54 Å². The Hall–Kier alpha value is -1.33. The van der Waals surface area contributed by atoms with Crippen LogP contribution in [0, 0.1) is 5.92 Å². The van der Waals surface area contributed by atoms with Crippen molar-refractivity contribution in [3.8, 4) is 0 Å². The summed E-state index contributed by atoms with van der Waals surface area (Å²) in [4.78, 5) is 14.2. The molecule has 1 aromatic rings. The third-order valence-corrected chi connectivity index (χ3v) is 5.16. The smallest absolute Gasteiger partial charge is 0.323 e. The monoisotopic (exact) mass is 316 g/mol. The lowest BCUT2D eigenvalue weighted by Crippen LogP contribution is -2.56. The Morgan fingerprint density at radius 3 is 2.48 bits per heavy atom. The first-order valence-corrected chi connectivity index (χ1v) is 8.85. The van der Waals surface area contributed by atoms with Gasteiger partial charge in [-0.05, 0) is 43.8 Å². The van der Waals surface area contributed by atoms with Crippen LogP contribution in [0.25, 0.3) is 0 Å². The number of hydrogen-bond acceptors (Lipinski definition) is 3. The summed E-state index contributed by atoms with van der Waals surface area (Å²) in [6, 6.07) is 10.4. The van der Waals surface area contributed by atoms with E-state index in [9.17, 15) is 9.90 Å². The van der Waals surface area contributed by atoms with Gasteiger partial charge in [-0.1, -0.05) is 49.5 Å². The van der Waals surface area contributed by atoms with Crippen LogP contribution in [0.15, 0.2) is 30.3 Å². The molecule has 0 radical (unpaired) electrons. The highest BCUT2D eigenvalue weighted by Gasteiger charge is 2.42. The molecule has 1 aromatic carbocycles. The van der Waals surface area contributed by atoms with Gasteiger partial charge in [0.2, 0.25) is 0 Å². The molecule has 0 saturated carbocycles. The molecular weight excluding hydrogens is 287 g/mol. The first kappa shape index (κ1) is 18.0. The van der Waals surface area contributed by atoms with Gasteiger partial charge in [0.05, 0.1) is 0 Å². The molecule has 0 bridgehead atoms. The third kappa shape index (κ3) is 4.82. The lowest BCUT2D eigenvalue weighted by atomic mass is 9.75. The van der Waals surface area contributed by atoms with Crippen molar-refractivity contribution >= 4 is 13.8 Å². The molecule has 1 fully saturated rings. The molecule has 1 heterocycles. The van der Waals surface area contributed by atoms with Gasteiger partial charge in [-0.15, -0.1) is 0 Å². The lowest BCUT2D eigenvalue weighted by Gasteiger charge is -2.40. The Morgan fingerprint density at radius 1 is 1.26 bits per heavy atom. The molecule has 0 unspecified atom stereocenters. The maximum Gasteiger partial charge on any atom is 0.323 e. The van der Waals surface area contributed by atoms with Crippen LogP contribution >= 0.6 is 0 Å². The number of benzene rings is 1. The minimum absolute atomic E-state index is 0.0869. The predicted octanol–water partition coefficient (Wildman–Crippen LogP) is 1.90. The number of carboxylic acids is 1. The van der Waals surface area contributed by atoms with Crippen molar-refractivity contribution in [2.45, 2.75) is 50.5 Å². The van der Waals surface area contributed by atoms with Gasteiger partial charge < -0.3 is 10.8 Å². The molecule has 23 heavy (non-hydrogen) atoms. The Balaban J connectivity index is 1.89. The largest absolute Gasteiger partial charge is 0.480 e. The van der Waals surface area contributed by atoms with Crippen LogP contribution in [0.1, 0.15) is 37.7 Å². The van der Waals surface area contributed by atoms with Gasteiger partial charge in [0.1, 0.15) is 13.4 Å². The van der Waals surface area contributed by atoms with Crippen LogP contribution in [0.4, 0.5) is 0 Å². The first-order chi connectivity index (χ1) is 11.1. The number of likely N-dealkylation sites (tertiary alicyclic amines) is 1. The Labute approximate surface area is 140 Å². The summed E-state index contributed by atoms with van der Waals surface area (Å²) in [6.07, 6.45) is 5.40. The van der Waals surface area contributed by atoms with E-state index in [4.69, 9.17) is 5.73 Å². The van der Waals surface area contributed by atoms with E-state index < -0.39 is 11.5 Å². The summed E-state index contributed by atoms with van der Waals surface area (Å²) < 4.78 is 0. The maximum absolute atomic E-state index is 11.7. The highest BCUT2D eigenvalue weighted by molar-refractivity contribution is 6.08. The number of carboxylic acid groups (broad SMARTS) is 1. The van der Waals surface area contributed by atoms with Crippen LogP contribution in [-0.2, 0) is 11.3 Å². The Morgan fingerprint density at radius 2 is 1.91 bits per heavy atom. The standard InChI is InChI=1S/C18H29BN2O2/c19-11-5-4-10-18(20,17(22)23)16-8-12-21(13-9-16)14-15-6-2-1-3-7-15/h1-3,6-7,16H,4-5,8-14,19-20H2,(H,22,23)/t18-/m0/s1. The SMILES string of the molecule is BCCCC[C@@](N)(C(=O)O)C1CCN(Cc2ccccc2)CC1. The number of hydrogen-bond donors (Lipinski definition) is 2. The number of carbonyl (C=O) groups is 1. The fraction of sp³-hybridized carbons (Fsp3) is 0.611. The number of nitrogens with two attached hydrogens (primary N) is 1. The van der Waals surface area contributed by atoms with Crippen molar-refractivity contribution in [2.75, 3.05) is 13.1 Å². The van der Waals surface area contributed by atoms with Crippen LogP contribution in [0.3, 0.4) is 0 Å². The van der Waals surface area contributed by atoms with E-state index in [1.165, 1.54) is 5.56 Å². The molecule has 1 aliphatic heterocycles. The quantitative estimate of drug-likeness (QED) is 0.568. The van der Waals surface area contributed by atoms with Gasteiger partial charge in [0.15, 0.2) is 0 Å². The number of rotatable bonds is 8. The zero-order valence-corrected chi connectivity index (χ0v) is 14.2. The summed E-state index contributed by atoms with van der Waals surface area (Å²) in [5.41, 5.74) is 6.60. The van der Waals surface area contributed by atoms with Gasteiger partial charge in [-0.3, -0.25) is 9.69 Å². The zero-order valence-electron chi connectivity index (χ0n) is 14.2. The summed E-state index contributed by atoms with van der Waals surface area (Å²) in [7, 11) is 2.13. The van der Waals surface area contributed by atoms with Crippen molar-refractivity contribution in [1.82, 2.24) is 4.90 Å². The molecule has 0 aliphatic carbocycles. The fourth-order valence-electron chi connectivity index (χ4n) is 3.60. The summed E-state index contributed by atoms with van der Waals surface area (Å²) in [5.74, 6) is -0.737. The lowest BCUT2D eigenvalue weighted by molar-refractivity contribution is -0.147. The molecule has 126 valence electrons. The first-order valence-electron chi connectivity index (χ1n) is 8.85. The van der Waals surface area contributed by atoms with Gasteiger partial charge >= 0.3 is 5.97 Å². The van der Waals surface area contributed by atoms with E-state index in [0.29, 0.717) is 6.42 Å². The average Bonchev–Trinajstić information content (AvgIpc) is 2.56. The zero-order chi connectivity index (χ0) is 16.7. The summed E-state index contributed by atoms with van der Waals surface area (Å²) in [5, 5.41) is 9.65. The summed E-state index contributed by atoms with van der Waals surface area (Å²) >= 11 is 0. The van der Waals surface area contributed by atoms with Crippen molar-refractivity contribution in [2.24, 2.45) is 11.7 Å². The van der Waals surface area contributed by atoms with Crippen LogP contribution in [-0.4, -0.2) is 42.5 Å². The van der Waals surface area contributed by atoms with Gasteiger partial charge in [0.25, 0.3) is 0 Å². The minimum atomic E-state index is -1.05. The highest BCUT2D eigenvalue weighted by Crippen LogP contribution is 2.31.